The highest BCUT2D eigenvalue weighted by Gasteiger charge is 1.95. The number of ether oxygens (including phenoxy) is 1. The van der Waals surface area contributed by atoms with Crippen LogP contribution in [0.15, 0.2) is 35.9 Å². The van der Waals surface area contributed by atoms with E-state index in [4.69, 9.17) is 10.00 Å². The van der Waals surface area contributed by atoms with Gasteiger partial charge in [0.1, 0.15) is 5.75 Å². The van der Waals surface area contributed by atoms with Gasteiger partial charge in [-0.05, 0) is 31.0 Å². The zero-order valence-electron chi connectivity index (χ0n) is 8.45. The molecule has 0 amide bonds. The summed E-state index contributed by atoms with van der Waals surface area (Å²) < 4.78 is 5.05. The van der Waals surface area contributed by atoms with Crippen molar-refractivity contribution in [3.8, 4) is 11.8 Å². The Kier molecular flexibility index (Phi) is 3.75. The molecule has 0 aromatic heterocycles. The SMILES string of the molecule is COc1ccc(C/C(C)=C/C#N)cc1. The number of nitriles is 1. The minimum atomic E-state index is 0.817. The van der Waals surface area contributed by atoms with E-state index in [0.29, 0.717) is 0 Å². The topological polar surface area (TPSA) is 33.0 Å². The second kappa shape index (κ2) is 5.08. The molecule has 0 aliphatic heterocycles. The normalized spacial score (nSPS) is 10.8. The molecule has 2 heteroatoms. The molecule has 1 aromatic carbocycles. The molecule has 0 aliphatic carbocycles. The molecule has 1 aromatic rings. The molecule has 0 unspecified atom stereocenters. The van der Waals surface area contributed by atoms with Gasteiger partial charge in [0.15, 0.2) is 0 Å². The van der Waals surface area contributed by atoms with Gasteiger partial charge in [-0.3, -0.25) is 0 Å². The summed E-state index contributed by atoms with van der Waals surface area (Å²) in [6.07, 6.45) is 2.39. The summed E-state index contributed by atoms with van der Waals surface area (Å²) in [5, 5.41) is 8.45. The average molecular weight is 187 g/mol. The third kappa shape index (κ3) is 2.95. The van der Waals surface area contributed by atoms with Crippen molar-refractivity contribution in [2.24, 2.45) is 0 Å². The Morgan fingerprint density at radius 3 is 2.57 bits per heavy atom. The van der Waals surface area contributed by atoms with Crippen LogP contribution in [0.3, 0.4) is 0 Å². The van der Waals surface area contributed by atoms with Gasteiger partial charge in [-0.1, -0.05) is 17.7 Å². The van der Waals surface area contributed by atoms with Gasteiger partial charge in [0.2, 0.25) is 0 Å². The van der Waals surface area contributed by atoms with E-state index in [-0.39, 0.29) is 0 Å². The maximum Gasteiger partial charge on any atom is 0.118 e. The number of hydrogen-bond acceptors (Lipinski definition) is 2. The van der Waals surface area contributed by atoms with Crippen LogP contribution < -0.4 is 4.74 Å². The lowest BCUT2D eigenvalue weighted by atomic mass is 10.1. The van der Waals surface area contributed by atoms with Crippen LogP contribution in [0.25, 0.3) is 0 Å². The molecule has 14 heavy (non-hydrogen) atoms. The van der Waals surface area contributed by atoms with Gasteiger partial charge in [-0.25, -0.2) is 0 Å². The van der Waals surface area contributed by atoms with Gasteiger partial charge >= 0.3 is 0 Å². The van der Waals surface area contributed by atoms with Crippen molar-refractivity contribution < 1.29 is 4.74 Å². The number of rotatable bonds is 3. The van der Waals surface area contributed by atoms with Crippen LogP contribution in [-0.4, -0.2) is 7.11 Å². The van der Waals surface area contributed by atoms with Crippen molar-refractivity contribution in [1.82, 2.24) is 0 Å². The molecule has 0 bridgehead atoms. The maximum absolute atomic E-state index is 8.45. The lowest BCUT2D eigenvalue weighted by Gasteiger charge is -2.02. The van der Waals surface area contributed by atoms with Crippen LogP contribution in [0, 0.1) is 11.3 Å². The minimum Gasteiger partial charge on any atom is -0.497 e. The molecule has 0 aliphatic rings. The summed E-state index contributed by atoms with van der Waals surface area (Å²) in [6, 6.07) is 9.89. The molecule has 2 nitrogen and oxygen atoms in total. The fraction of sp³-hybridized carbons (Fsp3) is 0.250. The minimum absolute atomic E-state index is 0.817. The Balaban J connectivity index is 2.70. The Morgan fingerprint density at radius 2 is 2.07 bits per heavy atom. The summed E-state index contributed by atoms with van der Waals surface area (Å²) in [6.45, 7) is 1.95. The van der Waals surface area contributed by atoms with E-state index in [1.165, 1.54) is 5.56 Å². The summed E-state index contributed by atoms with van der Waals surface area (Å²) in [7, 11) is 1.65. The zero-order chi connectivity index (χ0) is 10.4. The Morgan fingerprint density at radius 1 is 1.43 bits per heavy atom. The summed E-state index contributed by atoms with van der Waals surface area (Å²) >= 11 is 0. The smallest absolute Gasteiger partial charge is 0.118 e. The van der Waals surface area contributed by atoms with Crippen LogP contribution in [-0.2, 0) is 6.42 Å². The molecule has 72 valence electrons. The molecule has 0 N–H and O–H groups in total. The standard InChI is InChI=1S/C12H13NO/c1-10(7-8-13)9-11-3-5-12(14-2)6-4-11/h3-7H,9H2,1-2H3/b10-7+. The molecular weight excluding hydrogens is 174 g/mol. The number of benzene rings is 1. The van der Waals surface area contributed by atoms with E-state index >= 15 is 0 Å². The van der Waals surface area contributed by atoms with Crippen molar-refractivity contribution in [3.63, 3.8) is 0 Å². The van der Waals surface area contributed by atoms with Gasteiger partial charge in [0, 0.05) is 6.08 Å². The molecule has 1 rings (SSSR count). The number of nitrogens with zero attached hydrogens (tertiary/aromatic N) is 1. The van der Waals surface area contributed by atoms with Crippen molar-refractivity contribution in [2.75, 3.05) is 7.11 Å². The highest BCUT2D eigenvalue weighted by Crippen LogP contribution is 2.13. The van der Waals surface area contributed by atoms with E-state index in [9.17, 15) is 0 Å². The zero-order valence-corrected chi connectivity index (χ0v) is 8.45. The van der Waals surface area contributed by atoms with Crippen LogP contribution >= 0.6 is 0 Å². The van der Waals surface area contributed by atoms with E-state index < -0.39 is 0 Å². The Bertz CT molecular complexity index is 357. The highest BCUT2D eigenvalue weighted by molar-refractivity contribution is 5.30. The molecule has 0 spiro atoms. The first-order valence-corrected chi connectivity index (χ1v) is 4.44. The third-order valence-electron chi connectivity index (χ3n) is 1.95. The van der Waals surface area contributed by atoms with Crippen LogP contribution in [0.4, 0.5) is 0 Å². The molecule has 0 atom stereocenters. The fourth-order valence-electron chi connectivity index (χ4n) is 1.23. The lowest BCUT2D eigenvalue weighted by molar-refractivity contribution is 0.414. The van der Waals surface area contributed by atoms with Crippen LogP contribution in [0.1, 0.15) is 12.5 Å². The molecule has 0 saturated heterocycles. The van der Waals surface area contributed by atoms with Crippen molar-refractivity contribution in [1.29, 1.82) is 5.26 Å². The van der Waals surface area contributed by atoms with Gasteiger partial charge in [-0.2, -0.15) is 5.26 Å². The van der Waals surface area contributed by atoms with Gasteiger partial charge in [0.25, 0.3) is 0 Å². The largest absolute Gasteiger partial charge is 0.497 e. The first-order chi connectivity index (χ1) is 6.76. The van der Waals surface area contributed by atoms with Crippen LogP contribution in [0.5, 0.6) is 5.75 Å². The van der Waals surface area contributed by atoms with E-state index in [1.807, 2.05) is 37.3 Å². The summed E-state index contributed by atoms with van der Waals surface area (Å²) in [5.74, 6) is 0.857. The van der Waals surface area contributed by atoms with Crippen LogP contribution in [0.2, 0.25) is 0 Å². The summed E-state index contributed by atoms with van der Waals surface area (Å²) in [4.78, 5) is 0. The molecule has 0 heterocycles. The molecule has 0 saturated carbocycles. The lowest BCUT2D eigenvalue weighted by Crippen LogP contribution is -1.87. The van der Waals surface area contributed by atoms with Gasteiger partial charge < -0.3 is 4.74 Å². The molecule has 0 fully saturated rings. The Labute approximate surface area is 84.4 Å². The monoisotopic (exact) mass is 187 g/mol. The predicted molar refractivity (Wildman–Crippen MR) is 56.1 cm³/mol. The number of methoxy groups -OCH3 is 1. The second-order valence-corrected chi connectivity index (χ2v) is 3.14. The average Bonchev–Trinajstić information content (AvgIpc) is 2.19. The quantitative estimate of drug-likeness (QED) is 0.681. The van der Waals surface area contributed by atoms with Gasteiger partial charge in [0.05, 0.1) is 13.2 Å². The first-order valence-electron chi connectivity index (χ1n) is 4.44. The first kappa shape index (κ1) is 10.3. The van der Waals surface area contributed by atoms with Gasteiger partial charge in [-0.15, -0.1) is 0 Å². The highest BCUT2D eigenvalue weighted by atomic mass is 16.5. The summed E-state index contributed by atoms with van der Waals surface area (Å²) in [5.41, 5.74) is 2.26. The second-order valence-electron chi connectivity index (χ2n) is 3.14. The van der Waals surface area contributed by atoms with E-state index in [0.717, 1.165) is 17.7 Å². The maximum atomic E-state index is 8.45. The third-order valence-corrected chi connectivity index (χ3v) is 1.95. The van der Waals surface area contributed by atoms with E-state index in [1.54, 1.807) is 13.2 Å². The van der Waals surface area contributed by atoms with Crippen molar-refractivity contribution in [3.05, 3.63) is 41.5 Å². The van der Waals surface area contributed by atoms with E-state index in [2.05, 4.69) is 0 Å². The number of allylic oxidation sites excluding steroid dienone is 2. The van der Waals surface area contributed by atoms with Crippen molar-refractivity contribution >= 4 is 0 Å². The predicted octanol–water partition coefficient (Wildman–Crippen LogP) is 2.71. The molecule has 0 radical (unpaired) electrons. The Hall–Kier alpha value is -1.75. The van der Waals surface area contributed by atoms with Crippen molar-refractivity contribution in [2.45, 2.75) is 13.3 Å². The molecular formula is C12H13NO. The number of hydrogen-bond donors (Lipinski definition) is 0. The fourth-order valence-corrected chi connectivity index (χ4v) is 1.23.